The number of nitro groups is 1. The third-order valence-corrected chi connectivity index (χ3v) is 2.34. The van der Waals surface area contributed by atoms with Crippen molar-refractivity contribution in [2.75, 3.05) is 0 Å². The molecule has 6 heteroatoms. The average molecular weight is 241 g/mol. The molecule has 0 spiro atoms. The van der Waals surface area contributed by atoms with E-state index >= 15 is 0 Å². The summed E-state index contributed by atoms with van der Waals surface area (Å²) in [6.07, 6.45) is 0.544. The maximum absolute atomic E-state index is 12.9. The Morgan fingerprint density at radius 1 is 1.59 bits per heavy atom. The molecule has 0 bridgehead atoms. The lowest BCUT2D eigenvalue weighted by Crippen LogP contribution is -2.17. The maximum atomic E-state index is 12.9. The summed E-state index contributed by atoms with van der Waals surface area (Å²) >= 11 is 0. The van der Waals surface area contributed by atoms with E-state index in [4.69, 9.17) is 4.74 Å². The number of hydrogen-bond acceptors (Lipinski definition) is 4. The van der Waals surface area contributed by atoms with Gasteiger partial charge in [-0.25, -0.2) is 4.39 Å². The second-order valence-electron chi connectivity index (χ2n) is 3.60. The zero-order valence-corrected chi connectivity index (χ0v) is 9.47. The van der Waals surface area contributed by atoms with Crippen LogP contribution < -0.4 is 4.74 Å². The van der Waals surface area contributed by atoms with Crippen LogP contribution in [0.15, 0.2) is 18.2 Å². The number of carbonyl (C=O) groups is 1. The fourth-order valence-corrected chi connectivity index (χ4v) is 1.10. The zero-order chi connectivity index (χ0) is 13.0. The molecule has 1 aromatic carbocycles. The predicted octanol–water partition coefficient (Wildman–Crippen LogP) is 2.69. The summed E-state index contributed by atoms with van der Waals surface area (Å²) in [6, 6.07) is 2.74. The monoisotopic (exact) mass is 241 g/mol. The third-order valence-electron chi connectivity index (χ3n) is 2.34. The van der Waals surface area contributed by atoms with Gasteiger partial charge in [0.25, 0.3) is 0 Å². The molecule has 92 valence electrons. The van der Waals surface area contributed by atoms with E-state index in [-0.39, 0.29) is 5.75 Å². The number of halogens is 1. The number of nitrogens with zero attached hydrogens (tertiary/aromatic N) is 1. The Morgan fingerprint density at radius 3 is 2.76 bits per heavy atom. The smallest absolute Gasteiger partial charge is 0.314 e. The first kappa shape index (κ1) is 13.1. The van der Waals surface area contributed by atoms with Gasteiger partial charge in [0.1, 0.15) is 5.82 Å². The molecular formula is C11H12FNO4. The summed E-state index contributed by atoms with van der Waals surface area (Å²) in [5.74, 6) is -2.05. The summed E-state index contributed by atoms with van der Waals surface area (Å²) in [5.41, 5.74) is -0.428. The summed E-state index contributed by atoms with van der Waals surface area (Å²) in [4.78, 5) is 21.4. The van der Waals surface area contributed by atoms with E-state index in [0.29, 0.717) is 6.42 Å². The van der Waals surface area contributed by atoms with Crippen molar-refractivity contribution in [1.29, 1.82) is 0 Å². The van der Waals surface area contributed by atoms with Gasteiger partial charge in [-0.1, -0.05) is 13.8 Å². The van der Waals surface area contributed by atoms with E-state index in [1.54, 1.807) is 13.8 Å². The second-order valence-corrected chi connectivity index (χ2v) is 3.60. The van der Waals surface area contributed by atoms with Crippen molar-refractivity contribution in [3.05, 3.63) is 34.1 Å². The first-order valence-corrected chi connectivity index (χ1v) is 5.11. The summed E-state index contributed by atoms with van der Waals surface area (Å²) in [6.45, 7) is 3.42. The number of rotatable bonds is 4. The van der Waals surface area contributed by atoms with E-state index in [9.17, 15) is 19.3 Å². The lowest BCUT2D eigenvalue weighted by molar-refractivity contribution is -0.385. The van der Waals surface area contributed by atoms with Crippen LogP contribution in [0.2, 0.25) is 0 Å². The lowest BCUT2D eigenvalue weighted by Gasteiger charge is -2.08. The molecule has 17 heavy (non-hydrogen) atoms. The van der Waals surface area contributed by atoms with Crippen molar-refractivity contribution >= 4 is 11.7 Å². The minimum absolute atomic E-state index is 0.361. The molecule has 0 aromatic heterocycles. The number of hydrogen-bond donors (Lipinski definition) is 0. The van der Waals surface area contributed by atoms with Gasteiger partial charge in [0.15, 0.2) is 0 Å². The van der Waals surface area contributed by atoms with E-state index in [1.165, 1.54) is 0 Å². The van der Waals surface area contributed by atoms with Crippen LogP contribution in [0, 0.1) is 21.8 Å². The highest BCUT2D eigenvalue weighted by Crippen LogP contribution is 2.28. The quantitative estimate of drug-likeness (QED) is 0.351. The highest BCUT2D eigenvalue weighted by molar-refractivity contribution is 5.75. The number of esters is 1. The second kappa shape index (κ2) is 5.38. The Kier molecular flexibility index (Phi) is 4.14. The molecule has 0 aliphatic carbocycles. The van der Waals surface area contributed by atoms with Gasteiger partial charge in [0.05, 0.1) is 10.8 Å². The number of ether oxygens (including phenoxy) is 1. The van der Waals surface area contributed by atoms with Crippen LogP contribution in [0.3, 0.4) is 0 Å². The molecule has 0 fully saturated rings. The van der Waals surface area contributed by atoms with Gasteiger partial charge in [-0.3, -0.25) is 14.9 Å². The Morgan fingerprint density at radius 2 is 2.24 bits per heavy atom. The van der Waals surface area contributed by atoms with Gasteiger partial charge in [-0.05, 0) is 12.5 Å². The molecule has 1 rings (SSSR count). The molecule has 0 heterocycles. The normalized spacial score (nSPS) is 11.9. The van der Waals surface area contributed by atoms with E-state index in [2.05, 4.69) is 0 Å². The van der Waals surface area contributed by atoms with Gasteiger partial charge in [-0.2, -0.15) is 0 Å². The zero-order valence-electron chi connectivity index (χ0n) is 9.47. The standard InChI is InChI=1S/C11H12FNO4/c1-3-7(2)11(14)17-10-6-8(12)4-5-9(10)13(15)16/h4-7H,3H2,1-2H3. The molecule has 1 aromatic rings. The number of nitro benzene ring substituents is 1. The molecule has 0 aliphatic heterocycles. The van der Waals surface area contributed by atoms with Crippen molar-refractivity contribution in [1.82, 2.24) is 0 Å². The topological polar surface area (TPSA) is 69.4 Å². The summed E-state index contributed by atoms with van der Waals surface area (Å²) < 4.78 is 17.7. The predicted molar refractivity (Wildman–Crippen MR) is 58.1 cm³/mol. The van der Waals surface area contributed by atoms with Gasteiger partial charge in [0.2, 0.25) is 5.75 Å². The number of carbonyl (C=O) groups excluding carboxylic acids is 1. The summed E-state index contributed by atoms with van der Waals surface area (Å²) in [5, 5.41) is 10.6. The van der Waals surface area contributed by atoms with Crippen molar-refractivity contribution in [3.63, 3.8) is 0 Å². The Labute approximate surface area is 97.3 Å². The minimum Gasteiger partial charge on any atom is -0.419 e. The Balaban J connectivity index is 3.00. The average Bonchev–Trinajstić information content (AvgIpc) is 2.27. The highest BCUT2D eigenvalue weighted by atomic mass is 19.1. The van der Waals surface area contributed by atoms with Gasteiger partial charge >= 0.3 is 11.7 Å². The van der Waals surface area contributed by atoms with Crippen LogP contribution in [0.5, 0.6) is 5.75 Å². The van der Waals surface area contributed by atoms with E-state index in [0.717, 1.165) is 18.2 Å². The van der Waals surface area contributed by atoms with Crippen LogP contribution in [0.25, 0.3) is 0 Å². The van der Waals surface area contributed by atoms with Crippen molar-refractivity contribution in [2.45, 2.75) is 20.3 Å². The van der Waals surface area contributed by atoms with Gasteiger partial charge < -0.3 is 4.74 Å². The van der Waals surface area contributed by atoms with Crippen LogP contribution in [0.1, 0.15) is 20.3 Å². The SMILES string of the molecule is CCC(C)C(=O)Oc1cc(F)ccc1[N+](=O)[O-]. The molecule has 0 aliphatic rings. The number of benzene rings is 1. The maximum Gasteiger partial charge on any atom is 0.314 e. The van der Waals surface area contributed by atoms with Gasteiger partial charge in [0, 0.05) is 12.1 Å². The molecule has 5 nitrogen and oxygen atoms in total. The lowest BCUT2D eigenvalue weighted by atomic mass is 10.1. The fraction of sp³-hybridized carbons (Fsp3) is 0.364. The highest BCUT2D eigenvalue weighted by Gasteiger charge is 2.21. The van der Waals surface area contributed by atoms with Gasteiger partial charge in [-0.15, -0.1) is 0 Å². The minimum atomic E-state index is -0.724. The molecule has 0 saturated heterocycles. The van der Waals surface area contributed by atoms with Crippen molar-refractivity contribution in [2.24, 2.45) is 5.92 Å². The molecular weight excluding hydrogens is 229 g/mol. The molecule has 0 amide bonds. The van der Waals surface area contributed by atoms with Crippen LogP contribution in [-0.4, -0.2) is 10.9 Å². The van der Waals surface area contributed by atoms with Crippen molar-refractivity contribution in [3.8, 4) is 5.75 Å². The Hall–Kier alpha value is -1.98. The fourth-order valence-electron chi connectivity index (χ4n) is 1.10. The first-order chi connectivity index (χ1) is 7.95. The summed E-state index contributed by atoms with van der Waals surface area (Å²) in [7, 11) is 0. The van der Waals surface area contributed by atoms with Crippen LogP contribution in [-0.2, 0) is 4.79 Å². The molecule has 1 unspecified atom stereocenters. The third kappa shape index (κ3) is 3.24. The Bertz CT molecular complexity index is 447. The largest absolute Gasteiger partial charge is 0.419 e. The first-order valence-electron chi connectivity index (χ1n) is 5.11. The molecule has 1 atom stereocenters. The van der Waals surface area contributed by atoms with Crippen LogP contribution >= 0.6 is 0 Å². The van der Waals surface area contributed by atoms with E-state index in [1.807, 2.05) is 0 Å². The van der Waals surface area contributed by atoms with E-state index < -0.39 is 28.3 Å². The molecule has 0 saturated carbocycles. The molecule has 0 radical (unpaired) electrons. The van der Waals surface area contributed by atoms with Crippen molar-refractivity contribution < 1.29 is 18.8 Å². The molecule has 0 N–H and O–H groups in total. The van der Waals surface area contributed by atoms with Crippen LogP contribution in [0.4, 0.5) is 10.1 Å².